The molecule has 0 aliphatic heterocycles. The highest BCUT2D eigenvalue weighted by Gasteiger charge is 2.03. The van der Waals surface area contributed by atoms with Crippen LogP contribution in [0.1, 0.15) is 18.5 Å². The zero-order valence-corrected chi connectivity index (χ0v) is 6.08. The van der Waals surface area contributed by atoms with E-state index in [-0.39, 0.29) is 6.04 Å². The quantitative estimate of drug-likeness (QED) is 0.514. The SMILES string of the molecule is CC(N=N)c1ccnc(F)c1. The van der Waals surface area contributed by atoms with Gasteiger partial charge in [0.2, 0.25) is 5.95 Å². The highest BCUT2D eigenvalue weighted by Crippen LogP contribution is 2.15. The van der Waals surface area contributed by atoms with Gasteiger partial charge in [0.1, 0.15) is 0 Å². The Bertz CT molecular complexity index is 262. The highest BCUT2D eigenvalue weighted by atomic mass is 19.1. The lowest BCUT2D eigenvalue weighted by molar-refractivity contribution is 0.577. The summed E-state index contributed by atoms with van der Waals surface area (Å²) in [6.45, 7) is 1.72. The van der Waals surface area contributed by atoms with Gasteiger partial charge < -0.3 is 0 Å². The maximum Gasteiger partial charge on any atom is 0.213 e. The van der Waals surface area contributed by atoms with E-state index in [1.165, 1.54) is 12.3 Å². The van der Waals surface area contributed by atoms with Gasteiger partial charge in [0.05, 0.1) is 6.04 Å². The lowest BCUT2D eigenvalue weighted by Gasteiger charge is -2.02. The van der Waals surface area contributed by atoms with E-state index < -0.39 is 5.95 Å². The molecule has 1 aromatic heterocycles. The molecular formula is C7H8FN3. The van der Waals surface area contributed by atoms with E-state index in [0.717, 1.165) is 0 Å². The van der Waals surface area contributed by atoms with Crippen LogP contribution in [0.25, 0.3) is 0 Å². The molecule has 1 aromatic rings. The van der Waals surface area contributed by atoms with Gasteiger partial charge in [-0.2, -0.15) is 9.50 Å². The van der Waals surface area contributed by atoms with Gasteiger partial charge in [-0.1, -0.05) is 0 Å². The van der Waals surface area contributed by atoms with Crippen LogP contribution in [-0.2, 0) is 0 Å². The second-order valence-corrected chi connectivity index (χ2v) is 2.22. The third-order valence-corrected chi connectivity index (χ3v) is 1.43. The van der Waals surface area contributed by atoms with Crippen molar-refractivity contribution in [3.63, 3.8) is 0 Å². The fourth-order valence-corrected chi connectivity index (χ4v) is 0.752. The lowest BCUT2D eigenvalue weighted by atomic mass is 10.1. The van der Waals surface area contributed by atoms with Crippen LogP contribution in [0.2, 0.25) is 0 Å². The first-order chi connectivity index (χ1) is 5.24. The zero-order valence-electron chi connectivity index (χ0n) is 6.08. The van der Waals surface area contributed by atoms with Gasteiger partial charge in [0, 0.05) is 6.20 Å². The van der Waals surface area contributed by atoms with Crippen LogP contribution in [0.15, 0.2) is 23.4 Å². The summed E-state index contributed by atoms with van der Waals surface area (Å²) in [7, 11) is 0. The van der Waals surface area contributed by atoms with Crippen molar-refractivity contribution in [2.24, 2.45) is 5.11 Å². The van der Waals surface area contributed by atoms with Crippen LogP contribution in [-0.4, -0.2) is 4.98 Å². The largest absolute Gasteiger partial charge is 0.228 e. The van der Waals surface area contributed by atoms with Crippen LogP contribution < -0.4 is 0 Å². The van der Waals surface area contributed by atoms with Gasteiger partial charge in [-0.25, -0.2) is 10.5 Å². The van der Waals surface area contributed by atoms with Crippen molar-refractivity contribution >= 4 is 0 Å². The van der Waals surface area contributed by atoms with Crippen molar-refractivity contribution in [2.75, 3.05) is 0 Å². The number of aromatic nitrogens is 1. The molecular weight excluding hydrogens is 145 g/mol. The summed E-state index contributed by atoms with van der Waals surface area (Å²) in [4.78, 5) is 3.39. The number of hydrogen-bond donors (Lipinski definition) is 1. The standard InChI is InChI=1S/C7H8FN3/c1-5(11-9)6-2-3-10-7(8)4-6/h2-5,9H,1H3. The van der Waals surface area contributed by atoms with Gasteiger partial charge in [-0.15, -0.1) is 0 Å². The fraction of sp³-hybridized carbons (Fsp3) is 0.286. The number of rotatable bonds is 2. The molecule has 0 saturated heterocycles. The second-order valence-electron chi connectivity index (χ2n) is 2.22. The van der Waals surface area contributed by atoms with E-state index in [4.69, 9.17) is 5.53 Å². The smallest absolute Gasteiger partial charge is 0.213 e. The Morgan fingerprint density at radius 3 is 3.00 bits per heavy atom. The van der Waals surface area contributed by atoms with E-state index in [0.29, 0.717) is 5.56 Å². The van der Waals surface area contributed by atoms with Crippen molar-refractivity contribution in [1.82, 2.24) is 4.98 Å². The average molecular weight is 153 g/mol. The second kappa shape index (κ2) is 3.18. The van der Waals surface area contributed by atoms with Crippen molar-refractivity contribution in [1.29, 1.82) is 5.53 Å². The number of nitrogens with one attached hydrogen (secondary N) is 1. The molecule has 1 unspecified atom stereocenters. The third-order valence-electron chi connectivity index (χ3n) is 1.43. The molecule has 0 fully saturated rings. The van der Waals surface area contributed by atoms with Crippen LogP contribution in [0.5, 0.6) is 0 Å². The molecule has 0 aliphatic rings. The van der Waals surface area contributed by atoms with E-state index in [1.807, 2.05) is 0 Å². The number of hydrogen-bond acceptors (Lipinski definition) is 3. The Labute approximate surface area is 63.8 Å². The maximum absolute atomic E-state index is 12.4. The maximum atomic E-state index is 12.4. The van der Waals surface area contributed by atoms with Crippen molar-refractivity contribution in [2.45, 2.75) is 13.0 Å². The Morgan fingerprint density at radius 2 is 2.45 bits per heavy atom. The Kier molecular flexibility index (Phi) is 2.25. The lowest BCUT2D eigenvalue weighted by Crippen LogP contribution is -1.90. The average Bonchev–Trinajstić information content (AvgIpc) is 2.03. The molecule has 0 radical (unpaired) electrons. The van der Waals surface area contributed by atoms with Crippen molar-refractivity contribution in [3.05, 3.63) is 29.8 Å². The monoisotopic (exact) mass is 153 g/mol. The van der Waals surface area contributed by atoms with E-state index >= 15 is 0 Å². The predicted molar refractivity (Wildman–Crippen MR) is 37.8 cm³/mol. The van der Waals surface area contributed by atoms with Crippen molar-refractivity contribution < 1.29 is 4.39 Å². The minimum absolute atomic E-state index is 0.285. The first-order valence-corrected chi connectivity index (χ1v) is 3.22. The first-order valence-electron chi connectivity index (χ1n) is 3.22. The highest BCUT2D eigenvalue weighted by molar-refractivity contribution is 5.14. The van der Waals surface area contributed by atoms with Gasteiger partial charge in [-0.05, 0) is 24.6 Å². The van der Waals surface area contributed by atoms with Gasteiger partial charge in [0.15, 0.2) is 0 Å². The topological polar surface area (TPSA) is 49.1 Å². The van der Waals surface area contributed by atoms with E-state index in [2.05, 4.69) is 10.1 Å². The fourth-order valence-electron chi connectivity index (χ4n) is 0.752. The van der Waals surface area contributed by atoms with Crippen LogP contribution in [0.3, 0.4) is 0 Å². The molecule has 3 nitrogen and oxygen atoms in total. The van der Waals surface area contributed by atoms with E-state index in [1.54, 1.807) is 13.0 Å². The zero-order chi connectivity index (χ0) is 8.27. The first kappa shape index (κ1) is 7.78. The summed E-state index contributed by atoms with van der Waals surface area (Å²) in [5.41, 5.74) is 7.37. The van der Waals surface area contributed by atoms with Gasteiger partial charge in [0.25, 0.3) is 0 Å². The number of pyridine rings is 1. The van der Waals surface area contributed by atoms with Crippen LogP contribution >= 0.6 is 0 Å². The molecule has 0 aliphatic carbocycles. The number of halogens is 1. The molecule has 1 rings (SSSR count). The van der Waals surface area contributed by atoms with E-state index in [9.17, 15) is 4.39 Å². The molecule has 0 spiro atoms. The summed E-state index contributed by atoms with van der Waals surface area (Å²) >= 11 is 0. The predicted octanol–water partition coefficient (Wildman–Crippen LogP) is 2.31. The molecule has 1 heterocycles. The molecule has 4 heteroatoms. The summed E-state index contributed by atoms with van der Waals surface area (Å²) in [5, 5.41) is 3.26. The molecule has 0 amide bonds. The third kappa shape index (κ3) is 1.80. The molecule has 1 atom stereocenters. The van der Waals surface area contributed by atoms with Crippen LogP contribution in [0.4, 0.5) is 4.39 Å². The summed E-state index contributed by atoms with van der Waals surface area (Å²) in [6.07, 6.45) is 1.37. The van der Waals surface area contributed by atoms with Gasteiger partial charge >= 0.3 is 0 Å². The summed E-state index contributed by atoms with van der Waals surface area (Å²) in [5.74, 6) is -0.530. The van der Waals surface area contributed by atoms with Crippen LogP contribution in [0, 0.1) is 11.5 Å². The minimum Gasteiger partial charge on any atom is -0.228 e. The Morgan fingerprint density at radius 1 is 1.73 bits per heavy atom. The molecule has 1 N–H and O–H groups in total. The Hall–Kier alpha value is -1.32. The number of nitrogens with zero attached hydrogens (tertiary/aromatic N) is 2. The normalized spacial score (nSPS) is 12.5. The van der Waals surface area contributed by atoms with Crippen molar-refractivity contribution in [3.8, 4) is 0 Å². The Balaban J connectivity index is 2.95. The summed E-state index contributed by atoms with van der Waals surface area (Å²) in [6, 6.07) is 2.64. The molecule has 0 saturated carbocycles. The molecule has 11 heavy (non-hydrogen) atoms. The molecule has 0 aromatic carbocycles. The minimum atomic E-state index is -0.530. The summed E-state index contributed by atoms with van der Waals surface area (Å²) < 4.78 is 12.4. The molecule has 0 bridgehead atoms. The molecule has 58 valence electrons. The van der Waals surface area contributed by atoms with Gasteiger partial charge in [-0.3, -0.25) is 0 Å².